The molecule has 1 fully saturated rings. The zero-order valence-corrected chi connectivity index (χ0v) is 13.0. The summed E-state index contributed by atoms with van der Waals surface area (Å²) < 4.78 is 0. The fourth-order valence-electron chi connectivity index (χ4n) is 2.68. The second kappa shape index (κ2) is 6.23. The summed E-state index contributed by atoms with van der Waals surface area (Å²) in [5, 5.41) is 22.9. The molecule has 0 radical (unpaired) electrons. The molecule has 1 heterocycles. The first-order chi connectivity index (χ1) is 10.7. The predicted octanol–water partition coefficient (Wildman–Crippen LogP) is 2.16. The van der Waals surface area contributed by atoms with Crippen LogP contribution in [0.4, 0.5) is 10.5 Å². The number of amides is 2. The molecule has 8 nitrogen and oxygen atoms in total. The number of carbonyl (C=O) groups is 2. The zero-order chi connectivity index (χ0) is 17.2. The topological polar surface area (TPSA) is 113 Å². The van der Waals surface area contributed by atoms with Crippen LogP contribution < -0.4 is 5.32 Å². The number of likely N-dealkylation sites (tertiary alicyclic amines) is 1. The highest BCUT2D eigenvalue weighted by atomic mass is 16.6. The van der Waals surface area contributed by atoms with Gasteiger partial charge >= 0.3 is 12.0 Å². The number of nitro benzene ring substituents is 1. The second-order valence-corrected chi connectivity index (χ2v) is 6.02. The Kier molecular flexibility index (Phi) is 4.53. The first kappa shape index (κ1) is 16.7. The van der Waals surface area contributed by atoms with E-state index < -0.39 is 28.4 Å². The van der Waals surface area contributed by atoms with E-state index in [9.17, 15) is 24.8 Å². The van der Waals surface area contributed by atoms with Crippen molar-refractivity contribution in [3.05, 3.63) is 39.9 Å². The number of hydrogen-bond donors (Lipinski definition) is 2. The predicted molar refractivity (Wildman–Crippen MR) is 82.0 cm³/mol. The number of urea groups is 1. The lowest BCUT2D eigenvalue weighted by Crippen LogP contribution is -2.41. The van der Waals surface area contributed by atoms with Crippen LogP contribution in [0.3, 0.4) is 0 Å². The van der Waals surface area contributed by atoms with E-state index in [4.69, 9.17) is 0 Å². The van der Waals surface area contributed by atoms with E-state index in [0.717, 1.165) is 0 Å². The van der Waals surface area contributed by atoms with Crippen molar-refractivity contribution in [1.29, 1.82) is 0 Å². The number of nitrogens with zero attached hydrogens (tertiary/aromatic N) is 2. The first-order valence-corrected chi connectivity index (χ1v) is 7.27. The molecule has 8 heteroatoms. The van der Waals surface area contributed by atoms with Crippen LogP contribution in [0.1, 0.15) is 31.9 Å². The summed E-state index contributed by atoms with van der Waals surface area (Å²) in [6.45, 7) is 3.73. The molecule has 2 amide bonds. The summed E-state index contributed by atoms with van der Waals surface area (Å²) in [5.74, 6) is -0.931. The quantitative estimate of drug-likeness (QED) is 0.652. The van der Waals surface area contributed by atoms with Crippen molar-refractivity contribution < 1.29 is 19.6 Å². The Hall–Kier alpha value is -2.64. The van der Waals surface area contributed by atoms with Crippen LogP contribution in [0.5, 0.6) is 0 Å². The Morgan fingerprint density at radius 1 is 1.43 bits per heavy atom. The highest BCUT2D eigenvalue weighted by Crippen LogP contribution is 2.31. The van der Waals surface area contributed by atoms with Crippen LogP contribution in [0.2, 0.25) is 0 Å². The molecule has 2 unspecified atom stereocenters. The molecule has 0 saturated carbocycles. The Balaban J connectivity index is 2.07. The van der Waals surface area contributed by atoms with Gasteiger partial charge in [-0.25, -0.2) is 4.79 Å². The summed E-state index contributed by atoms with van der Waals surface area (Å²) in [7, 11) is 0. The minimum absolute atomic E-state index is 0.0582. The summed E-state index contributed by atoms with van der Waals surface area (Å²) in [6, 6.07) is 5.24. The number of carboxylic acids is 1. The molecular weight excluding hydrogens is 302 g/mol. The number of benzene rings is 1. The van der Waals surface area contributed by atoms with E-state index in [1.807, 2.05) is 0 Å². The molecule has 0 spiro atoms. The number of rotatable bonds is 4. The fraction of sp³-hybridized carbons (Fsp3) is 0.467. The average molecular weight is 321 g/mol. The van der Waals surface area contributed by atoms with Gasteiger partial charge in [0.25, 0.3) is 5.69 Å². The maximum absolute atomic E-state index is 12.3. The number of nitrogens with one attached hydrogen (secondary N) is 1. The second-order valence-electron chi connectivity index (χ2n) is 6.02. The van der Waals surface area contributed by atoms with E-state index in [-0.39, 0.29) is 12.2 Å². The normalized spacial score (nSPS) is 21.7. The van der Waals surface area contributed by atoms with Crippen molar-refractivity contribution in [2.24, 2.45) is 5.41 Å². The summed E-state index contributed by atoms with van der Waals surface area (Å²) >= 11 is 0. The van der Waals surface area contributed by atoms with Gasteiger partial charge in [0, 0.05) is 19.2 Å². The first-order valence-electron chi connectivity index (χ1n) is 7.27. The Bertz CT molecular complexity index is 648. The average Bonchev–Trinajstić information content (AvgIpc) is 2.91. The number of para-hydroxylation sites is 1. The van der Waals surface area contributed by atoms with E-state index in [0.29, 0.717) is 18.5 Å². The van der Waals surface area contributed by atoms with Gasteiger partial charge in [0.2, 0.25) is 0 Å². The highest BCUT2D eigenvalue weighted by Gasteiger charge is 2.42. The number of carbonyl (C=O) groups excluding carboxylic acids is 1. The standard InChI is InChI=1S/C15H19N3O5/c1-10(11-5-3-4-6-12(11)18(22)23)16-14(21)17-8-7-15(2,9-17)13(19)20/h3-6,10H,7-9H2,1-2H3,(H,16,21)(H,19,20). The third-order valence-corrected chi connectivity index (χ3v) is 4.22. The van der Waals surface area contributed by atoms with Gasteiger partial charge in [0.15, 0.2) is 0 Å². The third-order valence-electron chi connectivity index (χ3n) is 4.22. The Labute approximate surface area is 133 Å². The molecule has 1 saturated heterocycles. The van der Waals surface area contributed by atoms with Gasteiger partial charge in [0.1, 0.15) is 0 Å². The van der Waals surface area contributed by atoms with Gasteiger partial charge in [-0.05, 0) is 20.3 Å². The molecule has 0 bridgehead atoms. The summed E-state index contributed by atoms with van der Waals surface area (Å²) in [5.41, 5.74) is -0.595. The molecule has 2 atom stereocenters. The van der Waals surface area contributed by atoms with Crippen LogP contribution in [0.25, 0.3) is 0 Å². The number of aliphatic carboxylic acids is 1. The number of nitro groups is 1. The maximum Gasteiger partial charge on any atom is 0.317 e. The molecular formula is C15H19N3O5. The molecule has 124 valence electrons. The summed E-state index contributed by atoms with van der Waals surface area (Å²) in [4.78, 5) is 35.5. The Morgan fingerprint density at radius 2 is 2.09 bits per heavy atom. The van der Waals surface area contributed by atoms with Gasteiger partial charge in [-0.2, -0.15) is 0 Å². The van der Waals surface area contributed by atoms with Crippen molar-refractivity contribution in [3.8, 4) is 0 Å². The molecule has 2 N–H and O–H groups in total. The largest absolute Gasteiger partial charge is 0.481 e. The van der Waals surface area contributed by atoms with Crippen molar-refractivity contribution in [3.63, 3.8) is 0 Å². The van der Waals surface area contributed by atoms with Gasteiger partial charge in [-0.3, -0.25) is 14.9 Å². The number of hydrogen-bond acceptors (Lipinski definition) is 4. The van der Waals surface area contributed by atoms with E-state index in [1.165, 1.54) is 11.0 Å². The lowest BCUT2D eigenvalue weighted by molar-refractivity contribution is -0.385. The summed E-state index contributed by atoms with van der Waals surface area (Å²) in [6.07, 6.45) is 0.385. The zero-order valence-electron chi connectivity index (χ0n) is 13.0. The molecule has 0 aromatic heterocycles. The van der Waals surface area contributed by atoms with E-state index in [1.54, 1.807) is 32.0 Å². The molecule has 0 aliphatic carbocycles. The molecule has 1 aromatic carbocycles. The molecule has 1 aromatic rings. The van der Waals surface area contributed by atoms with E-state index in [2.05, 4.69) is 5.32 Å². The smallest absolute Gasteiger partial charge is 0.317 e. The van der Waals surface area contributed by atoms with Crippen LogP contribution in [-0.2, 0) is 4.79 Å². The minimum Gasteiger partial charge on any atom is -0.481 e. The molecule has 23 heavy (non-hydrogen) atoms. The van der Waals surface area contributed by atoms with E-state index >= 15 is 0 Å². The van der Waals surface area contributed by atoms with Gasteiger partial charge in [-0.1, -0.05) is 18.2 Å². The molecule has 2 rings (SSSR count). The third kappa shape index (κ3) is 3.41. The highest BCUT2D eigenvalue weighted by molar-refractivity contribution is 5.79. The van der Waals surface area contributed by atoms with Crippen molar-refractivity contribution in [2.75, 3.05) is 13.1 Å². The minimum atomic E-state index is -0.945. The van der Waals surface area contributed by atoms with Gasteiger partial charge in [-0.15, -0.1) is 0 Å². The lowest BCUT2D eigenvalue weighted by atomic mass is 9.90. The van der Waals surface area contributed by atoms with Gasteiger partial charge < -0.3 is 15.3 Å². The van der Waals surface area contributed by atoms with Crippen LogP contribution in [-0.4, -0.2) is 40.0 Å². The Morgan fingerprint density at radius 3 is 2.65 bits per heavy atom. The maximum atomic E-state index is 12.3. The molecule has 1 aliphatic heterocycles. The van der Waals surface area contributed by atoms with Crippen molar-refractivity contribution >= 4 is 17.7 Å². The van der Waals surface area contributed by atoms with Crippen LogP contribution in [0.15, 0.2) is 24.3 Å². The van der Waals surface area contributed by atoms with Crippen molar-refractivity contribution in [1.82, 2.24) is 10.2 Å². The van der Waals surface area contributed by atoms with Gasteiger partial charge in [0.05, 0.1) is 21.9 Å². The van der Waals surface area contributed by atoms with Crippen molar-refractivity contribution in [2.45, 2.75) is 26.3 Å². The number of carboxylic acid groups (broad SMARTS) is 1. The SMILES string of the molecule is CC(NC(=O)N1CCC(C)(C(=O)O)C1)c1ccccc1[N+](=O)[O-]. The van der Waals surface area contributed by atoms with Crippen LogP contribution in [0, 0.1) is 15.5 Å². The molecule has 1 aliphatic rings. The lowest BCUT2D eigenvalue weighted by Gasteiger charge is -2.23. The monoisotopic (exact) mass is 321 g/mol. The van der Waals surface area contributed by atoms with Crippen LogP contribution >= 0.6 is 0 Å². The fourth-order valence-corrected chi connectivity index (χ4v) is 2.68.